The third-order valence-electron chi connectivity index (χ3n) is 2.87. The zero-order valence-corrected chi connectivity index (χ0v) is 14.1. The minimum atomic E-state index is -0.923. The van der Waals surface area contributed by atoms with Crippen LogP contribution in [0.4, 0.5) is 4.79 Å². The topological polar surface area (TPSA) is 75.6 Å². The number of nitrogens with one attached hydrogen (secondary N) is 1. The maximum absolute atomic E-state index is 11.5. The molecule has 0 saturated heterocycles. The molecule has 5 nitrogen and oxygen atoms in total. The van der Waals surface area contributed by atoms with Gasteiger partial charge in [0.25, 0.3) is 0 Å². The molecule has 23 heavy (non-hydrogen) atoms. The summed E-state index contributed by atoms with van der Waals surface area (Å²) in [6.07, 6.45) is 3.19. The Kier molecular flexibility index (Phi) is 5.05. The molecule has 1 aromatic carbocycles. The van der Waals surface area contributed by atoms with Crippen molar-refractivity contribution in [2.75, 3.05) is 6.54 Å². The van der Waals surface area contributed by atoms with Gasteiger partial charge in [0.1, 0.15) is 10.5 Å². The van der Waals surface area contributed by atoms with Crippen molar-refractivity contribution >= 4 is 39.6 Å². The number of hydrogen-bond acceptors (Lipinski definition) is 4. The molecule has 1 aromatic heterocycles. The van der Waals surface area contributed by atoms with Crippen LogP contribution in [0.25, 0.3) is 16.2 Å². The lowest BCUT2D eigenvalue weighted by molar-refractivity contribution is 0.0533. The molecular formula is C17H19NO4S. The van der Waals surface area contributed by atoms with Crippen molar-refractivity contribution in [3.8, 4) is 0 Å². The van der Waals surface area contributed by atoms with Gasteiger partial charge in [-0.2, -0.15) is 0 Å². The van der Waals surface area contributed by atoms with E-state index in [1.54, 1.807) is 32.9 Å². The lowest BCUT2D eigenvalue weighted by Crippen LogP contribution is -2.32. The fourth-order valence-corrected chi connectivity index (χ4v) is 2.91. The molecule has 0 saturated carbocycles. The molecule has 2 N–H and O–H groups in total. The summed E-state index contributed by atoms with van der Waals surface area (Å²) in [5, 5.41) is 12.6. The average Bonchev–Trinajstić information content (AvgIpc) is 2.86. The van der Waals surface area contributed by atoms with Gasteiger partial charge in [-0.25, -0.2) is 9.59 Å². The highest BCUT2D eigenvalue weighted by Crippen LogP contribution is 2.29. The van der Waals surface area contributed by atoms with Crippen molar-refractivity contribution in [3.05, 3.63) is 40.8 Å². The molecule has 0 atom stereocenters. The van der Waals surface area contributed by atoms with Gasteiger partial charge in [0.05, 0.1) is 0 Å². The quantitative estimate of drug-likeness (QED) is 0.882. The summed E-state index contributed by atoms with van der Waals surface area (Å²) < 4.78 is 6.06. The van der Waals surface area contributed by atoms with Gasteiger partial charge in [-0.3, -0.25) is 0 Å². The molecule has 1 amide bonds. The number of carbonyl (C=O) groups excluding carboxylic acids is 1. The van der Waals surface area contributed by atoms with Gasteiger partial charge in [-0.15, -0.1) is 11.3 Å². The average molecular weight is 333 g/mol. The third-order valence-corrected chi connectivity index (χ3v) is 3.95. The first-order chi connectivity index (χ1) is 10.8. The highest BCUT2D eigenvalue weighted by Gasteiger charge is 2.15. The molecular weight excluding hydrogens is 314 g/mol. The predicted octanol–water partition coefficient (Wildman–Crippen LogP) is 4.14. The summed E-state index contributed by atoms with van der Waals surface area (Å²) >= 11 is 1.25. The molecule has 0 spiro atoms. The molecule has 0 radical (unpaired) electrons. The largest absolute Gasteiger partial charge is 0.477 e. The SMILES string of the molecule is CC(C)(C)OC(=O)NCC=Cc1cccc2sc(C(=O)O)cc12. The highest BCUT2D eigenvalue weighted by molar-refractivity contribution is 7.20. The summed E-state index contributed by atoms with van der Waals surface area (Å²) in [5.74, 6) is -0.923. The predicted molar refractivity (Wildman–Crippen MR) is 92.1 cm³/mol. The van der Waals surface area contributed by atoms with E-state index in [2.05, 4.69) is 5.32 Å². The Balaban J connectivity index is 2.04. The zero-order chi connectivity index (χ0) is 17.0. The van der Waals surface area contributed by atoms with Crippen molar-refractivity contribution in [1.82, 2.24) is 5.32 Å². The number of thiophene rings is 1. The maximum atomic E-state index is 11.5. The first-order valence-electron chi connectivity index (χ1n) is 7.15. The Labute approximate surface area is 138 Å². The number of ether oxygens (including phenoxy) is 1. The number of carboxylic acid groups (broad SMARTS) is 1. The van der Waals surface area contributed by atoms with Crippen LogP contribution in [0.5, 0.6) is 0 Å². The molecule has 0 fully saturated rings. The van der Waals surface area contributed by atoms with Crippen LogP contribution in [0.1, 0.15) is 36.0 Å². The van der Waals surface area contributed by atoms with Gasteiger partial charge in [0, 0.05) is 16.6 Å². The molecule has 0 bridgehead atoms. The molecule has 0 unspecified atom stereocenters. The van der Waals surface area contributed by atoms with Crippen LogP contribution in [-0.2, 0) is 4.74 Å². The second kappa shape index (κ2) is 6.83. The molecule has 0 aliphatic rings. The number of alkyl carbamates (subject to hydrolysis) is 1. The molecule has 2 aromatic rings. The molecule has 2 rings (SSSR count). The Morgan fingerprint density at radius 3 is 2.74 bits per heavy atom. The first kappa shape index (κ1) is 17.0. The van der Waals surface area contributed by atoms with Crippen LogP contribution < -0.4 is 5.32 Å². The minimum Gasteiger partial charge on any atom is -0.477 e. The Morgan fingerprint density at radius 2 is 2.09 bits per heavy atom. The van der Waals surface area contributed by atoms with Gasteiger partial charge in [-0.05, 0) is 38.5 Å². The summed E-state index contributed by atoms with van der Waals surface area (Å²) in [4.78, 5) is 22.9. The van der Waals surface area contributed by atoms with Crippen molar-refractivity contribution in [2.45, 2.75) is 26.4 Å². The fourth-order valence-electron chi connectivity index (χ4n) is 1.98. The lowest BCUT2D eigenvalue weighted by atomic mass is 10.1. The van der Waals surface area contributed by atoms with Crippen LogP contribution in [0.15, 0.2) is 30.3 Å². The van der Waals surface area contributed by atoms with Crippen LogP contribution >= 0.6 is 11.3 Å². The van der Waals surface area contributed by atoms with E-state index >= 15 is 0 Å². The monoisotopic (exact) mass is 333 g/mol. The van der Waals surface area contributed by atoms with Crippen molar-refractivity contribution in [1.29, 1.82) is 0 Å². The third kappa shape index (κ3) is 4.82. The Hall–Kier alpha value is -2.34. The molecule has 1 heterocycles. The number of benzene rings is 1. The maximum Gasteiger partial charge on any atom is 0.407 e. The van der Waals surface area contributed by atoms with Crippen molar-refractivity contribution < 1.29 is 19.4 Å². The summed E-state index contributed by atoms with van der Waals surface area (Å²) in [6.45, 7) is 5.75. The molecule has 122 valence electrons. The van der Waals surface area contributed by atoms with Crippen LogP contribution in [0.3, 0.4) is 0 Å². The van der Waals surface area contributed by atoms with E-state index in [1.807, 2.05) is 24.3 Å². The summed E-state index contributed by atoms with van der Waals surface area (Å²) in [7, 11) is 0. The Bertz CT molecular complexity index is 756. The van der Waals surface area contributed by atoms with Crippen LogP contribution in [0.2, 0.25) is 0 Å². The number of fused-ring (bicyclic) bond motifs is 1. The van der Waals surface area contributed by atoms with Crippen molar-refractivity contribution in [2.24, 2.45) is 0 Å². The van der Waals surface area contributed by atoms with E-state index in [9.17, 15) is 9.59 Å². The second-order valence-corrected chi connectivity index (χ2v) is 7.04. The minimum absolute atomic E-state index is 0.313. The Morgan fingerprint density at radius 1 is 1.35 bits per heavy atom. The number of carboxylic acids is 1. The normalized spacial score (nSPS) is 11.8. The molecule has 0 aliphatic heterocycles. The second-order valence-electron chi connectivity index (χ2n) is 5.96. The van der Waals surface area contributed by atoms with Crippen LogP contribution in [-0.4, -0.2) is 29.3 Å². The lowest BCUT2D eigenvalue weighted by Gasteiger charge is -2.19. The number of amides is 1. The van der Waals surface area contributed by atoms with E-state index in [0.29, 0.717) is 11.4 Å². The van der Waals surface area contributed by atoms with Crippen LogP contribution in [0, 0.1) is 0 Å². The summed E-state index contributed by atoms with van der Waals surface area (Å²) in [6, 6.07) is 7.35. The molecule has 0 aliphatic carbocycles. The number of carbonyl (C=O) groups is 2. The molecule has 6 heteroatoms. The van der Waals surface area contributed by atoms with Gasteiger partial charge >= 0.3 is 12.1 Å². The first-order valence-corrected chi connectivity index (χ1v) is 7.97. The van der Waals surface area contributed by atoms with E-state index in [0.717, 1.165) is 15.6 Å². The smallest absolute Gasteiger partial charge is 0.407 e. The van der Waals surface area contributed by atoms with Crippen molar-refractivity contribution in [3.63, 3.8) is 0 Å². The fraction of sp³-hybridized carbons (Fsp3) is 0.294. The standard InChI is InChI=1S/C17H19NO4S/c1-17(2,3)22-16(21)18-9-5-7-11-6-4-8-13-12(11)10-14(23-13)15(19)20/h4-8,10H,9H2,1-3H3,(H,18,21)(H,19,20). The van der Waals surface area contributed by atoms with Gasteiger partial charge in [-0.1, -0.05) is 24.3 Å². The van der Waals surface area contributed by atoms with E-state index in [4.69, 9.17) is 9.84 Å². The van der Waals surface area contributed by atoms with E-state index < -0.39 is 17.7 Å². The van der Waals surface area contributed by atoms with E-state index in [1.165, 1.54) is 11.3 Å². The van der Waals surface area contributed by atoms with E-state index in [-0.39, 0.29) is 0 Å². The number of hydrogen-bond donors (Lipinski definition) is 2. The zero-order valence-electron chi connectivity index (χ0n) is 13.3. The van der Waals surface area contributed by atoms with Gasteiger partial charge < -0.3 is 15.2 Å². The number of aromatic carboxylic acids is 1. The number of rotatable bonds is 4. The highest BCUT2D eigenvalue weighted by atomic mass is 32.1. The van der Waals surface area contributed by atoms with Gasteiger partial charge in [0.2, 0.25) is 0 Å². The van der Waals surface area contributed by atoms with Gasteiger partial charge in [0.15, 0.2) is 0 Å². The summed E-state index contributed by atoms with van der Waals surface area (Å²) in [5.41, 5.74) is 0.390.